The van der Waals surface area contributed by atoms with Crippen molar-refractivity contribution in [1.29, 1.82) is 0 Å². The minimum absolute atomic E-state index is 0.367. The summed E-state index contributed by atoms with van der Waals surface area (Å²) in [6.45, 7) is 5.00. The second kappa shape index (κ2) is 9.11. The van der Waals surface area contributed by atoms with Crippen LogP contribution in [0.1, 0.15) is 63.2 Å². The number of aliphatic hydroxyl groups excluding tert-OH is 1. The highest BCUT2D eigenvalue weighted by Crippen LogP contribution is 2.28. The smallest absolute Gasteiger partial charge is 0.0796 e. The first-order valence-corrected chi connectivity index (χ1v) is 7.47. The summed E-state index contributed by atoms with van der Waals surface area (Å²) in [6, 6.07) is 8.05. The minimum Gasteiger partial charge on any atom is -0.388 e. The number of rotatable bonds is 9. The molecule has 2 unspecified atom stereocenters. The van der Waals surface area contributed by atoms with Crippen molar-refractivity contribution in [3.63, 3.8) is 0 Å². The van der Waals surface area contributed by atoms with Gasteiger partial charge < -0.3 is 9.84 Å². The summed E-state index contributed by atoms with van der Waals surface area (Å²) in [5.74, 6) is 0.616. The fourth-order valence-corrected chi connectivity index (χ4v) is 2.57. The van der Waals surface area contributed by atoms with Gasteiger partial charge in [-0.2, -0.15) is 0 Å². The van der Waals surface area contributed by atoms with Crippen LogP contribution in [-0.4, -0.2) is 12.2 Å². The molecule has 0 aliphatic rings. The Balaban J connectivity index is 2.67. The van der Waals surface area contributed by atoms with Crippen molar-refractivity contribution in [3.8, 4) is 0 Å². The average Bonchev–Trinajstić information content (AvgIpc) is 2.44. The number of benzene rings is 1. The van der Waals surface area contributed by atoms with Crippen LogP contribution in [0.2, 0.25) is 0 Å². The molecule has 0 aromatic heterocycles. The summed E-state index contributed by atoms with van der Waals surface area (Å²) in [7, 11) is 1.69. The van der Waals surface area contributed by atoms with Crippen LogP contribution in [0.15, 0.2) is 24.3 Å². The predicted octanol–water partition coefficient (Wildman–Crippen LogP) is 4.47. The van der Waals surface area contributed by atoms with E-state index in [1.165, 1.54) is 19.3 Å². The zero-order chi connectivity index (χ0) is 14.1. The van der Waals surface area contributed by atoms with E-state index < -0.39 is 0 Å². The van der Waals surface area contributed by atoms with E-state index in [0.717, 1.165) is 24.0 Å². The van der Waals surface area contributed by atoms with Gasteiger partial charge in [0.25, 0.3) is 0 Å². The van der Waals surface area contributed by atoms with E-state index in [9.17, 15) is 5.11 Å². The molecule has 1 rings (SSSR count). The molecule has 0 saturated heterocycles. The van der Waals surface area contributed by atoms with E-state index in [0.29, 0.717) is 12.5 Å². The standard InChI is InChI=1S/C17H28O2/c1-4-6-9-14(5-2)12-17(18)16-11-8-7-10-15(16)13-19-3/h7-8,10-11,14,17-18H,4-6,9,12-13H2,1-3H3. The maximum Gasteiger partial charge on any atom is 0.0796 e. The van der Waals surface area contributed by atoms with Crippen molar-refractivity contribution in [2.24, 2.45) is 5.92 Å². The van der Waals surface area contributed by atoms with Crippen LogP contribution in [0.5, 0.6) is 0 Å². The number of unbranched alkanes of at least 4 members (excludes halogenated alkanes) is 1. The van der Waals surface area contributed by atoms with Crippen molar-refractivity contribution in [1.82, 2.24) is 0 Å². The maximum absolute atomic E-state index is 10.5. The number of hydrogen-bond acceptors (Lipinski definition) is 2. The van der Waals surface area contributed by atoms with Crippen molar-refractivity contribution < 1.29 is 9.84 Å². The largest absolute Gasteiger partial charge is 0.388 e. The predicted molar refractivity (Wildman–Crippen MR) is 80.0 cm³/mol. The molecule has 2 atom stereocenters. The molecule has 19 heavy (non-hydrogen) atoms. The Morgan fingerprint density at radius 2 is 1.95 bits per heavy atom. The number of ether oxygens (including phenoxy) is 1. The zero-order valence-electron chi connectivity index (χ0n) is 12.6. The molecule has 2 heteroatoms. The molecule has 0 aliphatic heterocycles. The lowest BCUT2D eigenvalue weighted by molar-refractivity contribution is 0.132. The SMILES string of the molecule is CCCCC(CC)CC(O)c1ccccc1COC. The van der Waals surface area contributed by atoms with Crippen molar-refractivity contribution >= 4 is 0 Å². The summed E-state index contributed by atoms with van der Waals surface area (Å²) in [6.07, 6.45) is 5.34. The molecular formula is C17H28O2. The molecule has 0 spiro atoms. The van der Waals surface area contributed by atoms with E-state index in [1.54, 1.807) is 7.11 Å². The number of aliphatic hydroxyl groups is 1. The Morgan fingerprint density at radius 3 is 2.58 bits per heavy atom. The minimum atomic E-state index is -0.367. The van der Waals surface area contributed by atoms with Crippen molar-refractivity contribution in [2.75, 3.05) is 7.11 Å². The molecule has 0 heterocycles. The summed E-state index contributed by atoms with van der Waals surface area (Å²) in [4.78, 5) is 0. The highest BCUT2D eigenvalue weighted by atomic mass is 16.5. The summed E-state index contributed by atoms with van der Waals surface area (Å²) < 4.78 is 5.20. The third-order valence-electron chi connectivity index (χ3n) is 3.81. The molecule has 2 nitrogen and oxygen atoms in total. The van der Waals surface area contributed by atoms with Gasteiger partial charge in [0.1, 0.15) is 0 Å². The highest BCUT2D eigenvalue weighted by molar-refractivity contribution is 5.28. The van der Waals surface area contributed by atoms with E-state index in [4.69, 9.17) is 4.74 Å². The third-order valence-corrected chi connectivity index (χ3v) is 3.81. The van der Waals surface area contributed by atoms with Gasteiger partial charge in [-0.25, -0.2) is 0 Å². The Bertz CT molecular complexity index is 349. The Labute approximate surface area is 117 Å². The number of hydrogen-bond donors (Lipinski definition) is 1. The fourth-order valence-electron chi connectivity index (χ4n) is 2.57. The van der Waals surface area contributed by atoms with Gasteiger partial charge in [-0.15, -0.1) is 0 Å². The molecular weight excluding hydrogens is 236 g/mol. The van der Waals surface area contributed by atoms with E-state index in [-0.39, 0.29) is 6.10 Å². The Morgan fingerprint density at radius 1 is 1.21 bits per heavy atom. The molecule has 1 aromatic carbocycles. The lowest BCUT2D eigenvalue weighted by Gasteiger charge is -2.21. The Kier molecular flexibility index (Phi) is 7.76. The molecule has 0 aliphatic carbocycles. The first-order valence-electron chi connectivity index (χ1n) is 7.47. The second-order valence-corrected chi connectivity index (χ2v) is 5.30. The molecule has 0 amide bonds. The lowest BCUT2D eigenvalue weighted by Crippen LogP contribution is -2.09. The molecule has 0 radical (unpaired) electrons. The summed E-state index contributed by atoms with van der Waals surface area (Å²) in [5, 5.41) is 10.5. The highest BCUT2D eigenvalue weighted by Gasteiger charge is 2.16. The molecule has 108 valence electrons. The third kappa shape index (κ3) is 5.33. The van der Waals surface area contributed by atoms with Gasteiger partial charge in [0.15, 0.2) is 0 Å². The molecule has 0 fully saturated rings. The van der Waals surface area contributed by atoms with Gasteiger partial charge in [-0.1, -0.05) is 63.8 Å². The molecule has 1 N–H and O–H groups in total. The second-order valence-electron chi connectivity index (χ2n) is 5.30. The maximum atomic E-state index is 10.5. The normalized spacial score (nSPS) is 14.3. The monoisotopic (exact) mass is 264 g/mol. The van der Waals surface area contributed by atoms with Gasteiger partial charge in [0.2, 0.25) is 0 Å². The van der Waals surface area contributed by atoms with Gasteiger partial charge >= 0.3 is 0 Å². The fraction of sp³-hybridized carbons (Fsp3) is 0.647. The van der Waals surface area contributed by atoms with Crippen molar-refractivity contribution in [3.05, 3.63) is 35.4 Å². The average molecular weight is 264 g/mol. The Hall–Kier alpha value is -0.860. The van der Waals surface area contributed by atoms with Crippen LogP contribution < -0.4 is 0 Å². The number of methoxy groups -OCH3 is 1. The van der Waals surface area contributed by atoms with Crippen LogP contribution in [0.4, 0.5) is 0 Å². The van der Waals surface area contributed by atoms with Gasteiger partial charge in [-0.05, 0) is 23.5 Å². The summed E-state index contributed by atoms with van der Waals surface area (Å²) in [5.41, 5.74) is 2.13. The van der Waals surface area contributed by atoms with Crippen LogP contribution in [0.25, 0.3) is 0 Å². The molecule has 0 bridgehead atoms. The van der Waals surface area contributed by atoms with Gasteiger partial charge in [0.05, 0.1) is 12.7 Å². The van der Waals surface area contributed by atoms with Gasteiger partial charge in [-0.3, -0.25) is 0 Å². The van der Waals surface area contributed by atoms with Crippen LogP contribution in [0, 0.1) is 5.92 Å². The topological polar surface area (TPSA) is 29.5 Å². The summed E-state index contributed by atoms with van der Waals surface area (Å²) >= 11 is 0. The first-order chi connectivity index (χ1) is 9.22. The van der Waals surface area contributed by atoms with E-state index >= 15 is 0 Å². The quantitative estimate of drug-likeness (QED) is 0.713. The van der Waals surface area contributed by atoms with Gasteiger partial charge in [0, 0.05) is 7.11 Å². The molecule has 1 aromatic rings. The molecule has 0 saturated carbocycles. The van der Waals surface area contributed by atoms with Crippen molar-refractivity contribution in [2.45, 2.75) is 58.7 Å². The van der Waals surface area contributed by atoms with Crippen LogP contribution in [-0.2, 0) is 11.3 Å². The van der Waals surface area contributed by atoms with Crippen LogP contribution >= 0.6 is 0 Å². The van der Waals surface area contributed by atoms with E-state index in [1.807, 2.05) is 24.3 Å². The first kappa shape index (κ1) is 16.2. The zero-order valence-corrected chi connectivity index (χ0v) is 12.6. The van der Waals surface area contributed by atoms with E-state index in [2.05, 4.69) is 13.8 Å². The lowest BCUT2D eigenvalue weighted by atomic mass is 9.89. The van der Waals surface area contributed by atoms with Crippen LogP contribution in [0.3, 0.4) is 0 Å².